The highest BCUT2D eigenvalue weighted by molar-refractivity contribution is 5.85. The first-order valence-corrected chi connectivity index (χ1v) is 9.69. The second-order valence-corrected chi connectivity index (χ2v) is 7.91. The summed E-state index contributed by atoms with van der Waals surface area (Å²) in [6, 6.07) is 7.52. The molecule has 8 nitrogen and oxygen atoms in total. The van der Waals surface area contributed by atoms with E-state index in [2.05, 4.69) is 29.0 Å². The van der Waals surface area contributed by atoms with E-state index in [9.17, 15) is 0 Å². The molecule has 0 amide bonds. The standard InChI is InChI=1S/C21H26N4O4.ClH/c1-5-27-16-11-21(22,20(16,2)3)19-24-17(25-29-19)10-14-12-28-18(23-14)13-6-8-15(26-4)9-7-13;/h6-9,12,16H,5,10-11,22H2,1-4H3;1H. The molecule has 2 N–H and O–H groups in total. The van der Waals surface area contributed by atoms with Crippen molar-refractivity contribution in [3.63, 3.8) is 0 Å². The molecule has 0 aliphatic heterocycles. The zero-order valence-electron chi connectivity index (χ0n) is 17.5. The van der Waals surface area contributed by atoms with Crippen LogP contribution in [-0.4, -0.2) is 34.9 Å². The van der Waals surface area contributed by atoms with Crippen LogP contribution >= 0.6 is 12.4 Å². The number of ether oxygens (including phenoxy) is 2. The number of aromatic nitrogens is 3. The fourth-order valence-electron chi connectivity index (χ4n) is 3.72. The molecule has 0 bridgehead atoms. The molecule has 0 saturated heterocycles. The van der Waals surface area contributed by atoms with E-state index in [0.717, 1.165) is 11.3 Å². The molecule has 162 valence electrons. The lowest BCUT2D eigenvalue weighted by molar-refractivity contribution is -0.162. The van der Waals surface area contributed by atoms with E-state index < -0.39 is 5.54 Å². The number of methoxy groups -OCH3 is 1. The van der Waals surface area contributed by atoms with Gasteiger partial charge < -0.3 is 24.1 Å². The van der Waals surface area contributed by atoms with Crippen molar-refractivity contribution < 1.29 is 18.4 Å². The van der Waals surface area contributed by atoms with E-state index in [-0.39, 0.29) is 23.9 Å². The summed E-state index contributed by atoms with van der Waals surface area (Å²) >= 11 is 0. The Bertz CT molecular complexity index is 985. The predicted molar refractivity (Wildman–Crippen MR) is 113 cm³/mol. The SMILES string of the molecule is CCOC1CC(N)(c2nc(Cc3coc(-c4ccc(OC)cc4)n3)no2)C1(C)C.Cl. The summed E-state index contributed by atoms with van der Waals surface area (Å²) in [6.07, 6.45) is 2.73. The highest BCUT2D eigenvalue weighted by Gasteiger charge is 2.62. The second kappa shape index (κ2) is 8.37. The third kappa shape index (κ3) is 3.71. The van der Waals surface area contributed by atoms with Crippen LogP contribution in [0.2, 0.25) is 0 Å². The monoisotopic (exact) mass is 434 g/mol. The minimum atomic E-state index is -0.698. The van der Waals surface area contributed by atoms with Gasteiger partial charge in [-0.1, -0.05) is 19.0 Å². The normalized spacial score (nSPS) is 22.2. The topological polar surface area (TPSA) is 109 Å². The molecular formula is C21H27ClN4O4. The highest BCUT2D eigenvalue weighted by Crippen LogP contribution is 2.55. The molecule has 0 radical (unpaired) electrons. The summed E-state index contributed by atoms with van der Waals surface area (Å²) in [7, 11) is 1.63. The molecule has 2 aromatic heterocycles. The van der Waals surface area contributed by atoms with Gasteiger partial charge in [0.25, 0.3) is 0 Å². The molecule has 2 atom stereocenters. The molecule has 0 spiro atoms. The Hall–Kier alpha value is -2.42. The van der Waals surface area contributed by atoms with Gasteiger partial charge in [0.2, 0.25) is 11.8 Å². The van der Waals surface area contributed by atoms with Crippen LogP contribution < -0.4 is 10.5 Å². The molecule has 3 aromatic rings. The van der Waals surface area contributed by atoms with Gasteiger partial charge in [0.15, 0.2) is 5.82 Å². The lowest BCUT2D eigenvalue weighted by atomic mass is 9.54. The Labute approximate surface area is 181 Å². The maximum Gasteiger partial charge on any atom is 0.247 e. The third-order valence-corrected chi connectivity index (χ3v) is 5.91. The molecule has 30 heavy (non-hydrogen) atoms. The minimum Gasteiger partial charge on any atom is -0.497 e. The molecule has 9 heteroatoms. The summed E-state index contributed by atoms with van der Waals surface area (Å²) in [6.45, 7) is 6.77. The number of nitrogens with two attached hydrogens (primary N) is 1. The number of hydrogen-bond donors (Lipinski definition) is 1. The first-order chi connectivity index (χ1) is 13.9. The smallest absolute Gasteiger partial charge is 0.247 e. The highest BCUT2D eigenvalue weighted by atomic mass is 35.5. The number of halogens is 1. The number of nitrogens with zero attached hydrogens (tertiary/aromatic N) is 3. The predicted octanol–water partition coefficient (Wildman–Crippen LogP) is 3.73. The number of rotatable bonds is 7. The quantitative estimate of drug-likeness (QED) is 0.598. The van der Waals surface area contributed by atoms with Crippen molar-refractivity contribution in [2.45, 2.75) is 45.3 Å². The van der Waals surface area contributed by atoms with Gasteiger partial charge in [-0.2, -0.15) is 4.98 Å². The first-order valence-electron chi connectivity index (χ1n) is 9.69. The molecule has 1 saturated carbocycles. The van der Waals surface area contributed by atoms with Crippen LogP contribution in [0.4, 0.5) is 0 Å². The maximum atomic E-state index is 6.61. The summed E-state index contributed by atoms with van der Waals surface area (Å²) in [5.74, 6) is 2.27. The summed E-state index contributed by atoms with van der Waals surface area (Å²) in [4.78, 5) is 9.06. The molecular weight excluding hydrogens is 408 g/mol. The van der Waals surface area contributed by atoms with Gasteiger partial charge in [-0.3, -0.25) is 0 Å². The molecule has 1 aliphatic carbocycles. The van der Waals surface area contributed by atoms with Crippen LogP contribution in [0.1, 0.15) is 44.6 Å². The van der Waals surface area contributed by atoms with Crippen LogP contribution in [0, 0.1) is 5.41 Å². The Balaban J connectivity index is 0.00000256. The fraction of sp³-hybridized carbons (Fsp3) is 0.476. The maximum absolute atomic E-state index is 6.61. The van der Waals surface area contributed by atoms with E-state index in [0.29, 0.717) is 42.7 Å². The van der Waals surface area contributed by atoms with E-state index in [1.165, 1.54) is 0 Å². The lowest BCUT2D eigenvalue weighted by Crippen LogP contribution is -2.67. The van der Waals surface area contributed by atoms with E-state index in [1.807, 2.05) is 31.2 Å². The van der Waals surface area contributed by atoms with Crippen molar-refractivity contribution in [1.82, 2.24) is 15.1 Å². The van der Waals surface area contributed by atoms with Crippen molar-refractivity contribution in [1.29, 1.82) is 0 Å². The molecule has 2 heterocycles. The van der Waals surface area contributed by atoms with Crippen molar-refractivity contribution in [2.75, 3.05) is 13.7 Å². The van der Waals surface area contributed by atoms with Gasteiger partial charge in [0, 0.05) is 24.0 Å². The van der Waals surface area contributed by atoms with Gasteiger partial charge in [-0.15, -0.1) is 12.4 Å². The molecule has 1 aliphatic rings. The fourth-order valence-corrected chi connectivity index (χ4v) is 3.72. The van der Waals surface area contributed by atoms with Crippen molar-refractivity contribution >= 4 is 12.4 Å². The Morgan fingerprint density at radius 3 is 2.57 bits per heavy atom. The summed E-state index contributed by atoms with van der Waals surface area (Å²) < 4.78 is 22.0. The average Bonchev–Trinajstić information content (AvgIpc) is 3.38. The Morgan fingerprint density at radius 1 is 1.20 bits per heavy atom. The summed E-state index contributed by atoms with van der Waals surface area (Å²) in [5, 5.41) is 4.10. The van der Waals surface area contributed by atoms with Crippen LogP contribution in [0.25, 0.3) is 11.5 Å². The molecule has 1 fully saturated rings. The van der Waals surface area contributed by atoms with Crippen LogP contribution in [0.15, 0.2) is 39.5 Å². The van der Waals surface area contributed by atoms with Gasteiger partial charge in [-0.05, 0) is 31.2 Å². The van der Waals surface area contributed by atoms with E-state index in [4.69, 9.17) is 24.1 Å². The third-order valence-electron chi connectivity index (χ3n) is 5.91. The largest absolute Gasteiger partial charge is 0.497 e. The first kappa shape index (κ1) is 22.3. The van der Waals surface area contributed by atoms with Gasteiger partial charge in [-0.25, -0.2) is 4.98 Å². The number of benzene rings is 1. The summed E-state index contributed by atoms with van der Waals surface area (Å²) in [5.41, 5.74) is 7.21. The van der Waals surface area contributed by atoms with E-state index >= 15 is 0 Å². The molecule has 1 aromatic carbocycles. The molecule has 4 rings (SSSR count). The van der Waals surface area contributed by atoms with Gasteiger partial charge in [0.05, 0.1) is 25.3 Å². The number of oxazole rings is 1. The number of hydrogen-bond acceptors (Lipinski definition) is 8. The van der Waals surface area contributed by atoms with Gasteiger partial charge in [0.1, 0.15) is 17.6 Å². The van der Waals surface area contributed by atoms with Crippen LogP contribution in [-0.2, 0) is 16.7 Å². The van der Waals surface area contributed by atoms with Crippen LogP contribution in [0.5, 0.6) is 5.75 Å². The minimum absolute atomic E-state index is 0. The average molecular weight is 435 g/mol. The zero-order chi connectivity index (χ0) is 20.6. The second-order valence-electron chi connectivity index (χ2n) is 7.91. The Morgan fingerprint density at radius 2 is 1.93 bits per heavy atom. The lowest BCUT2D eigenvalue weighted by Gasteiger charge is -2.56. The van der Waals surface area contributed by atoms with Crippen molar-refractivity contribution in [2.24, 2.45) is 11.1 Å². The van der Waals surface area contributed by atoms with Crippen molar-refractivity contribution in [3.8, 4) is 17.2 Å². The Kier molecular flexibility index (Phi) is 6.21. The van der Waals surface area contributed by atoms with Crippen LogP contribution in [0.3, 0.4) is 0 Å². The zero-order valence-corrected chi connectivity index (χ0v) is 18.4. The van der Waals surface area contributed by atoms with Gasteiger partial charge >= 0.3 is 0 Å². The van der Waals surface area contributed by atoms with E-state index in [1.54, 1.807) is 13.4 Å². The molecule has 2 unspecified atom stereocenters. The van der Waals surface area contributed by atoms with Crippen molar-refractivity contribution in [3.05, 3.63) is 47.9 Å².